The van der Waals surface area contributed by atoms with Crippen molar-refractivity contribution < 1.29 is 9.90 Å². The summed E-state index contributed by atoms with van der Waals surface area (Å²) in [5, 5.41) is 13.5. The van der Waals surface area contributed by atoms with Crippen LogP contribution in [0.4, 0.5) is 0 Å². The van der Waals surface area contributed by atoms with Gasteiger partial charge in [-0.15, -0.1) is 12.4 Å². The summed E-state index contributed by atoms with van der Waals surface area (Å²) in [6.45, 7) is 3.85. The van der Waals surface area contributed by atoms with E-state index in [0.717, 1.165) is 22.9 Å². The molecule has 0 aliphatic rings. The van der Waals surface area contributed by atoms with Gasteiger partial charge in [0.1, 0.15) is 0 Å². The van der Waals surface area contributed by atoms with E-state index >= 15 is 0 Å². The number of para-hydroxylation sites is 1. The van der Waals surface area contributed by atoms with Gasteiger partial charge in [0.2, 0.25) is 5.91 Å². The number of benzene rings is 1. The lowest BCUT2D eigenvalue weighted by molar-refractivity contribution is -0.124. The number of hydrogen-bond acceptors (Lipinski definition) is 3. The maximum Gasteiger partial charge on any atom is 0.237 e. The standard InChI is InChI=1S/C17H25N3O2.ClH/c1-3-11(2)16(18)17(22)20-13(10-21)8-12-9-19-15-7-5-4-6-14(12)15;/h4-7,9,11,13,16,19,21H,3,8,10,18H2,1-2H3,(H,20,22);1H. The average Bonchev–Trinajstić information content (AvgIpc) is 2.95. The Bertz CT molecular complexity index is 629. The number of nitrogens with one attached hydrogen (secondary N) is 2. The van der Waals surface area contributed by atoms with E-state index in [1.807, 2.05) is 44.3 Å². The van der Waals surface area contributed by atoms with E-state index in [-0.39, 0.29) is 36.9 Å². The van der Waals surface area contributed by atoms with Crippen molar-refractivity contribution in [3.8, 4) is 0 Å². The molecular weight excluding hydrogens is 314 g/mol. The Balaban J connectivity index is 0.00000264. The fraction of sp³-hybridized carbons (Fsp3) is 0.471. The van der Waals surface area contributed by atoms with Crippen LogP contribution in [0.15, 0.2) is 30.5 Å². The summed E-state index contributed by atoms with van der Waals surface area (Å²) in [5.41, 5.74) is 8.07. The van der Waals surface area contributed by atoms with Gasteiger partial charge >= 0.3 is 0 Å². The molecule has 0 saturated carbocycles. The number of H-pyrrole nitrogens is 1. The summed E-state index contributed by atoms with van der Waals surface area (Å²) in [7, 11) is 0. The number of hydrogen-bond donors (Lipinski definition) is 4. The highest BCUT2D eigenvalue weighted by Gasteiger charge is 2.22. The Labute approximate surface area is 143 Å². The molecule has 0 spiro atoms. The average molecular weight is 340 g/mol. The predicted octanol–water partition coefficient (Wildman–Crippen LogP) is 1.98. The maximum absolute atomic E-state index is 12.1. The molecule has 0 aliphatic heterocycles. The van der Waals surface area contributed by atoms with Gasteiger partial charge in [0.05, 0.1) is 18.7 Å². The maximum atomic E-state index is 12.1. The molecule has 0 radical (unpaired) electrons. The molecule has 1 aromatic heterocycles. The van der Waals surface area contributed by atoms with Gasteiger partial charge < -0.3 is 21.1 Å². The second-order valence-corrected chi connectivity index (χ2v) is 5.86. The molecular formula is C17H26ClN3O2. The van der Waals surface area contributed by atoms with E-state index in [2.05, 4.69) is 10.3 Å². The molecule has 5 N–H and O–H groups in total. The van der Waals surface area contributed by atoms with Crippen LogP contribution in [-0.2, 0) is 11.2 Å². The first-order valence-electron chi connectivity index (χ1n) is 7.78. The fourth-order valence-electron chi connectivity index (χ4n) is 2.54. The number of aromatic nitrogens is 1. The molecule has 2 rings (SSSR count). The molecule has 6 heteroatoms. The lowest BCUT2D eigenvalue weighted by atomic mass is 9.98. The minimum atomic E-state index is -0.540. The molecule has 1 amide bonds. The fourth-order valence-corrected chi connectivity index (χ4v) is 2.54. The second kappa shape index (κ2) is 8.91. The molecule has 23 heavy (non-hydrogen) atoms. The van der Waals surface area contributed by atoms with E-state index < -0.39 is 6.04 Å². The Hall–Kier alpha value is -1.56. The van der Waals surface area contributed by atoms with Crippen LogP contribution in [0.25, 0.3) is 10.9 Å². The number of aromatic amines is 1. The van der Waals surface area contributed by atoms with Crippen LogP contribution >= 0.6 is 12.4 Å². The number of nitrogens with two attached hydrogens (primary N) is 1. The van der Waals surface area contributed by atoms with Gasteiger partial charge in [-0.3, -0.25) is 4.79 Å². The lowest BCUT2D eigenvalue weighted by Crippen LogP contribution is -2.50. The van der Waals surface area contributed by atoms with Crippen LogP contribution in [0, 0.1) is 5.92 Å². The second-order valence-electron chi connectivity index (χ2n) is 5.86. The van der Waals surface area contributed by atoms with Gasteiger partial charge in [-0.1, -0.05) is 38.5 Å². The van der Waals surface area contributed by atoms with Crippen molar-refractivity contribution in [2.24, 2.45) is 11.7 Å². The first-order valence-corrected chi connectivity index (χ1v) is 7.78. The van der Waals surface area contributed by atoms with Gasteiger partial charge in [0.15, 0.2) is 0 Å². The van der Waals surface area contributed by atoms with Crippen LogP contribution in [-0.4, -0.2) is 34.7 Å². The molecule has 3 atom stereocenters. The molecule has 0 saturated heterocycles. The zero-order valence-electron chi connectivity index (χ0n) is 13.6. The minimum absolute atomic E-state index is 0. The van der Waals surface area contributed by atoms with E-state index in [1.165, 1.54) is 0 Å². The number of halogens is 1. The zero-order chi connectivity index (χ0) is 16.1. The normalized spacial score (nSPS) is 14.8. The van der Waals surface area contributed by atoms with E-state index in [1.54, 1.807) is 0 Å². The molecule has 1 aromatic carbocycles. The van der Waals surface area contributed by atoms with Crippen LogP contribution in [0.3, 0.4) is 0 Å². The molecule has 3 unspecified atom stereocenters. The van der Waals surface area contributed by atoms with Crippen molar-refractivity contribution in [2.75, 3.05) is 6.61 Å². The summed E-state index contributed by atoms with van der Waals surface area (Å²) < 4.78 is 0. The third kappa shape index (κ3) is 4.70. The molecule has 0 bridgehead atoms. The van der Waals surface area contributed by atoms with Crippen molar-refractivity contribution in [3.05, 3.63) is 36.0 Å². The summed E-state index contributed by atoms with van der Waals surface area (Å²) in [6.07, 6.45) is 3.34. The third-order valence-electron chi connectivity index (χ3n) is 4.27. The zero-order valence-corrected chi connectivity index (χ0v) is 14.4. The van der Waals surface area contributed by atoms with Gasteiger partial charge in [-0.25, -0.2) is 0 Å². The number of aliphatic hydroxyl groups excluding tert-OH is 1. The summed E-state index contributed by atoms with van der Waals surface area (Å²) in [6, 6.07) is 7.11. The Morgan fingerprint density at radius 2 is 2.09 bits per heavy atom. The highest BCUT2D eigenvalue weighted by atomic mass is 35.5. The van der Waals surface area contributed by atoms with Crippen molar-refractivity contribution in [1.82, 2.24) is 10.3 Å². The monoisotopic (exact) mass is 339 g/mol. The van der Waals surface area contributed by atoms with E-state index in [9.17, 15) is 9.90 Å². The van der Waals surface area contributed by atoms with Crippen LogP contribution in [0.1, 0.15) is 25.8 Å². The molecule has 128 valence electrons. The first-order chi connectivity index (χ1) is 10.6. The Morgan fingerprint density at radius 1 is 1.39 bits per heavy atom. The predicted molar refractivity (Wildman–Crippen MR) is 95.7 cm³/mol. The van der Waals surface area contributed by atoms with Gasteiger partial charge in [-0.05, 0) is 24.0 Å². The minimum Gasteiger partial charge on any atom is -0.394 e. The highest BCUT2D eigenvalue weighted by molar-refractivity contribution is 5.85. The van der Waals surface area contributed by atoms with Crippen molar-refractivity contribution >= 4 is 29.2 Å². The Morgan fingerprint density at radius 3 is 2.74 bits per heavy atom. The summed E-state index contributed by atoms with van der Waals surface area (Å²) in [4.78, 5) is 15.4. The highest BCUT2D eigenvalue weighted by Crippen LogP contribution is 2.19. The molecule has 2 aromatic rings. The van der Waals surface area contributed by atoms with Gasteiger partial charge in [0.25, 0.3) is 0 Å². The van der Waals surface area contributed by atoms with Crippen molar-refractivity contribution in [1.29, 1.82) is 0 Å². The molecule has 0 aliphatic carbocycles. The number of carbonyl (C=O) groups excluding carboxylic acids is 1. The summed E-state index contributed by atoms with van der Waals surface area (Å²) >= 11 is 0. The third-order valence-corrected chi connectivity index (χ3v) is 4.27. The summed E-state index contributed by atoms with van der Waals surface area (Å²) in [5.74, 6) is -0.0827. The van der Waals surface area contributed by atoms with Crippen molar-refractivity contribution in [3.63, 3.8) is 0 Å². The van der Waals surface area contributed by atoms with Crippen LogP contribution in [0.5, 0.6) is 0 Å². The molecule has 1 heterocycles. The van der Waals surface area contributed by atoms with Crippen molar-refractivity contribution in [2.45, 2.75) is 38.8 Å². The van der Waals surface area contributed by atoms with E-state index in [0.29, 0.717) is 6.42 Å². The van der Waals surface area contributed by atoms with Gasteiger partial charge in [-0.2, -0.15) is 0 Å². The Kier molecular flexibility index (Phi) is 7.55. The first kappa shape index (κ1) is 19.5. The number of rotatable bonds is 7. The number of aliphatic hydroxyl groups is 1. The quantitative estimate of drug-likeness (QED) is 0.621. The molecule has 0 fully saturated rings. The lowest BCUT2D eigenvalue weighted by Gasteiger charge is -2.22. The van der Waals surface area contributed by atoms with Crippen LogP contribution < -0.4 is 11.1 Å². The largest absolute Gasteiger partial charge is 0.394 e. The number of fused-ring (bicyclic) bond motifs is 1. The topological polar surface area (TPSA) is 91.1 Å². The number of carbonyl (C=O) groups is 1. The number of amides is 1. The van der Waals surface area contributed by atoms with Crippen LogP contribution in [0.2, 0.25) is 0 Å². The van der Waals surface area contributed by atoms with Gasteiger partial charge in [0, 0.05) is 17.1 Å². The smallest absolute Gasteiger partial charge is 0.237 e. The molecule has 5 nitrogen and oxygen atoms in total. The SMILES string of the molecule is CCC(C)C(N)C(=O)NC(CO)Cc1c[nH]c2ccccc12.Cl. The van der Waals surface area contributed by atoms with E-state index in [4.69, 9.17) is 5.73 Å².